The lowest BCUT2D eigenvalue weighted by atomic mass is 10.1. The molecule has 1 amide bonds. The molecule has 5 heteroatoms. The molecule has 2 N–H and O–H groups in total. The first-order valence-corrected chi connectivity index (χ1v) is 6.19. The molecule has 0 radical (unpaired) electrons. The number of carbonyl (C=O) groups is 1. The third-order valence-corrected chi connectivity index (χ3v) is 2.77. The lowest BCUT2D eigenvalue weighted by molar-refractivity contribution is 0.0953. The van der Waals surface area contributed by atoms with Gasteiger partial charge in [0.15, 0.2) is 0 Å². The van der Waals surface area contributed by atoms with E-state index >= 15 is 0 Å². The Bertz CT molecular complexity index is 372. The number of nitrogens with one attached hydrogen (secondary N) is 2. The van der Waals surface area contributed by atoms with Crippen molar-refractivity contribution in [3.05, 3.63) is 33.8 Å². The van der Waals surface area contributed by atoms with Crippen LogP contribution in [0, 0.1) is 6.92 Å². The highest BCUT2D eigenvalue weighted by atomic mass is 79.9. The SMILES string of the molecule is CCNCCNC(=O)c1cc(Br)ccc1C.Cl. The number of hydrogen-bond donors (Lipinski definition) is 2. The van der Waals surface area contributed by atoms with Crippen molar-refractivity contribution in [1.82, 2.24) is 10.6 Å². The molecule has 0 saturated carbocycles. The zero-order chi connectivity index (χ0) is 12.0. The molecule has 0 aliphatic carbocycles. The van der Waals surface area contributed by atoms with E-state index in [1.165, 1.54) is 0 Å². The minimum Gasteiger partial charge on any atom is -0.351 e. The lowest BCUT2D eigenvalue weighted by Crippen LogP contribution is -2.32. The zero-order valence-electron chi connectivity index (χ0n) is 10.0. The van der Waals surface area contributed by atoms with Crippen LogP contribution in [-0.4, -0.2) is 25.5 Å². The number of hydrogen-bond acceptors (Lipinski definition) is 2. The van der Waals surface area contributed by atoms with E-state index in [1.54, 1.807) is 0 Å². The second-order valence-electron chi connectivity index (χ2n) is 3.57. The van der Waals surface area contributed by atoms with Crippen molar-refractivity contribution in [2.75, 3.05) is 19.6 Å². The third kappa shape index (κ3) is 5.52. The molecule has 0 atom stereocenters. The van der Waals surface area contributed by atoms with Crippen LogP contribution >= 0.6 is 28.3 Å². The van der Waals surface area contributed by atoms with Crippen molar-refractivity contribution in [2.24, 2.45) is 0 Å². The van der Waals surface area contributed by atoms with Crippen LogP contribution in [-0.2, 0) is 0 Å². The molecule has 0 saturated heterocycles. The fourth-order valence-corrected chi connectivity index (χ4v) is 1.74. The normalized spacial score (nSPS) is 9.59. The Balaban J connectivity index is 0.00000256. The molecular weight excluding hydrogens is 304 g/mol. The molecule has 96 valence electrons. The molecule has 17 heavy (non-hydrogen) atoms. The number of likely N-dealkylation sites (N-methyl/N-ethyl adjacent to an activating group) is 1. The Morgan fingerprint density at radius 2 is 2.06 bits per heavy atom. The highest BCUT2D eigenvalue weighted by Gasteiger charge is 2.08. The van der Waals surface area contributed by atoms with Crippen LogP contribution < -0.4 is 10.6 Å². The Morgan fingerprint density at radius 3 is 2.71 bits per heavy atom. The smallest absolute Gasteiger partial charge is 0.251 e. The fourth-order valence-electron chi connectivity index (χ4n) is 1.38. The zero-order valence-corrected chi connectivity index (χ0v) is 12.5. The third-order valence-electron chi connectivity index (χ3n) is 2.28. The van der Waals surface area contributed by atoms with Crippen LogP contribution in [0.1, 0.15) is 22.8 Å². The Morgan fingerprint density at radius 1 is 1.35 bits per heavy atom. The Kier molecular flexibility index (Phi) is 8.21. The minimum absolute atomic E-state index is 0. The summed E-state index contributed by atoms with van der Waals surface area (Å²) < 4.78 is 0.926. The topological polar surface area (TPSA) is 41.1 Å². The monoisotopic (exact) mass is 320 g/mol. The number of amides is 1. The second kappa shape index (κ2) is 8.50. The molecule has 0 unspecified atom stereocenters. The highest BCUT2D eigenvalue weighted by Crippen LogP contribution is 2.15. The van der Waals surface area contributed by atoms with Gasteiger partial charge >= 0.3 is 0 Å². The van der Waals surface area contributed by atoms with Gasteiger partial charge in [-0.15, -0.1) is 12.4 Å². The summed E-state index contributed by atoms with van der Waals surface area (Å²) in [7, 11) is 0. The van der Waals surface area contributed by atoms with Crippen molar-refractivity contribution in [1.29, 1.82) is 0 Å². The van der Waals surface area contributed by atoms with E-state index in [0.717, 1.165) is 28.7 Å². The second-order valence-corrected chi connectivity index (χ2v) is 4.48. The molecule has 0 aliphatic rings. The summed E-state index contributed by atoms with van der Waals surface area (Å²) >= 11 is 3.37. The Hall–Kier alpha value is -0.580. The van der Waals surface area contributed by atoms with Crippen LogP contribution in [0.3, 0.4) is 0 Å². The van der Waals surface area contributed by atoms with E-state index in [9.17, 15) is 4.79 Å². The van der Waals surface area contributed by atoms with Crippen molar-refractivity contribution >= 4 is 34.2 Å². The van der Waals surface area contributed by atoms with Crippen LogP contribution in [0.25, 0.3) is 0 Å². The van der Waals surface area contributed by atoms with Gasteiger partial charge in [-0.3, -0.25) is 4.79 Å². The molecule has 0 fully saturated rings. The molecule has 0 aromatic heterocycles. The van der Waals surface area contributed by atoms with Gasteiger partial charge in [0.2, 0.25) is 0 Å². The van der Waals surface area contributed by atoms with Crippen molar-refractivity contribution in [2.45, 2.75) is 13.8 Å². The summed E-state index contributed by atoms with van der Waals surface area (Å²) in [6, 6.07) is 5.71. The van der Waals surface area contributed by atoms with E-state index in [-0.39, 0.29) is 18.3 Å². The maximum absolute atomic E-state index is 11.8. The molecule has 1 aromatic rings. The summed E-state index contributed by atoms with van der Waals surface area (Å²) in [5.74, 6) is -0.0169. The van der Waals surface area contributed by atoms with E-state index in [2.05, 4.69) is 26.6 Å². The van der Waals surface area contributed by atoms with Gasteiger partial charge in [-0.05, 0) is 31.2 Å². The average Bonchev–Trinajstić information content (AvgIpc) is 2.27. The summed E-state index contributed by atoms with van der Waals surface area (Å²) in [5.41, 5.74) is 1.72. The molecule has 0 spiro atoms. The fraction of sp³-hybridized carbons (Fsp3) is 0.417. The minimum atomic E-state index is -0.0169. The van der Waals surface area contributed by atoms with Crippen LogP contribution in [0.4, 0.5) is 0 Å². The van der Waals surface area contributed by atoms with Gasteiger partial charge in [-0.1, -0.05) is 28.9 Å². The standard InChI is InChI=1S/C12H17BrN2O.ClH/c1-3-14-6-7-15-12(16)11-8-10(13)5-4-9(11)2;/h4-5,8,14H,3,6-7H2,1-2H3,(H,15,16);1H. The summed E-state index contributed by atoms with van der Waals surface area (Å²) in [5, 5.41) is 6.04. The van der Waals surface area contributed by atoms with Gasteiger partial charge in [0.25, 0.3) is 5.91 Å². The first-order chi connectivity index (χ1) is 7.65. The highest BCUT2D eigenvalue weighted by molar-refractivity contribution is 9.10. The molecule has 0 aliphatic heterocycles. The molecule has 0 bridgehead atoms. The molecule has 3 nitrogen and oxygen atoms in total. The van der Waals surface area contributed by atoms with Crippen molar-refractivity contribution in [3.8, 4) is 0 Å². The maximum Gasteiger partial charge on any atom is 0.251 e. The van der Waals surface area contributed by atoms with E-state index in [0.29, 0.717) is 6.54 Å². The number of benzene rings is 1. The first-order valence-electron chi connectivity index (χ1n) is 5.40. The van der Waals surface area contributed by atoms with Gasteiger partial charge in [-0.25, -0.2) is 0 Å². The van der Waals surface area contributed by atoms with Crippen LogP contribution in [0.15, 0.2) is 22.7 Å². The summed E-state index contributed by atoms with van der Waals surface area (Å²) in [6.45, 7) is 6.35. The number of carbonyl (C=O) groups excluding carboxylic acids is 1. The van der Waals surface area contributed by atoms with Gasteiger partial charge < -0.3 is 10.6 Å². The predicted octanol–water partition coefficient (Wildman–Crippen LogP) is 2.52. The number of aryl methyl sites for hydroxylation is 1. The molecular formula is C12H18BrClN2O. The largest absolute Gasteiger partial charge is 0.351 e. The van der Waals surface area contributed by atoms with Gasteiger partial charge in [0, 0.05) is 23.1 Å². The first kappa shape index (κ1) is 16.4. The number of halogens is 2. The Labute approximate surface area is 117 Å². The molecule has 1 aromatic carbocycles. The summed E-state index contributed by atoms with van der Waals surface area (Å²) in [6.07, 6.45) is 0. The van der Waals surface area contributed by atoms with Gasteiger partial charge in [0.05, 0.1) is 0 Å². The predicted molar refractivity (Wildman–Crippen MR) is 77.0 cm³/mol. The number of rotatable bonds is 5. The van der Waals surface area contributed by atoms with E-state index < -0.39 is 0 Å². The van der Waals surface area contributed by atoms with Gasteiger partial charge in [0.1, 0.15) is 0 Å². The van der Waals surface area contributed by atoms with E-state index in [4.69, 9.17) is 0 Å². The lowest BCUT2D eigenvalue weighted by Gasteiger charge is -2.08. The van der Waals surface area contributed by atoms with Crippen molar-refractivity contribution < 1.29 is 4.79 Å². The summed E-state index contributed by atoms with van der Waals surface area (Å²) in [4.78, 5) is 11.8. The quantitative estimate of drug-likeness (QED) is 0.818. The average molecular weight is 322 g/mol. The van der Waals surface area contributed by atoms with Gasteiger partial charge in [-0.2, -0.15) is 0 Å². The van der Waals surface area contributed by atoms with E-state index in [1.807, 2.05) is 32.0 Å². The molecule has 0 heterocycles. The molecule has 1 rings (SSSR count). The van der Waals surface area contributed by atoms with Crippen LogP contribution in [0.5, 0.6) is 0 Å². The maximum atomic E-state index is 11.8. The van der Waals surface area contributed by atoms with Crippen molar-refractivity contribution in [3.63, 3.8) is 0 Å². The van der Waals surface area contributed by atoms with Crippen LogP contribution in [0.2, 0.25) is 0 Å².